The SMILES string of the molecule is CC(C)[C@H](NC(=O)[C@@H](NC(=O)[C@@H](O)[C@H](N)Cc1ccccc1)C(C)C)C(=O)O. The number of benzene rings is 1. The van der Waals surface area contributed by atoms with Crippen LogP contribution >= 0.6 is 0 Å². The van der Waals surface area contributed by atoms with E-state index in [0.29, 0.717) is 6.42 Å². The normalized spacial score (nSPS) is 15.6. The fraction of sp³-hybridized carbons (Fsp3) is 0.550. The van der Waals surface area contributed by atoms with Gasteiger partial charge in [0.05, 0.1) is 0 Å². The number of rotatable bonds is 10. The van der Waals surface area contributed by atoms with Gasteiger partial charge in [-0.05, 0) is 23.8 Å². The van der Waals surface area contributed by atoms with E-state index in [1.165, 1.54) is 0 Å². The first-order valence-corrected chi connectivity index (χ1v) is 9.35. The van der Waals surface area contributed by atoms with Gasteiger partial charge in [-0.1, -0.05) is 58.0 Å². The molecule has 1 aromatic carbocycles. The fourth-order valence-electron chi connectivity index (χ4n) is 2.72. The highest BCUT2D eigenvalue weighted by Gasteiger charge is 2.32. The number of carboxylic acids is 1. The first-order chi connectivity index (χ1) is 13.0. The van der Waals surface area contributed by atoms with E-state index in [4.69, 9.17) is 5.73 Å². The Hall–Kier alpha value is -2.45. The minimum atomic E-state index is -1.50. The average Bonchev–Trinajstić information content (AvgIpc) is 2.62. The molecule has 0 saturated heterocycles. The molecular weight excluding hydrogens is 362 g/mol. The van der Waals surface area contributed by atoms with Crippen molar-refractivity contribution in [1.29, 1.82) is 0 Å². The number of aliphatic hydroxyl groups excluding tert-OH is 1. The van der Waals surface area contributed by atoms with Crippen LogP contribution in [0.4, 0.5) is 0 Å². The summed E-state index contributed by atoms with van der Waals surface area (Å²) in [5, 5.41) is 24.4. The van der Waals surface area contributed by atoms with Crippen molar-refractivity contribution in [3.8, 4) is 0 Å². The molecule has 0 aliphatic heterocycles. The van der Waals surface area contributed by atoms with Gasteiger partial charge in [-0.3, -0.25) is 9.59 Å². The maximum atomic E-state index is 12.5. The lowest BCUT2D eigenvalue weighted by Gasteiger charge is -2.27. The maximum Gasteiger partial charge on any atom is 0.326 e. The molecular formula is C20H31N3O5. The largest absolute Gasteiger partial charge is 0.480 e. The van der Waals surface area contributed by atoms with Gasteiger partial charge in [-0.25, -0.2) is 4.79 Å². The van der Waals surface area contributed by atoms with Gasteiger partial charge in [0, 0.05) is 6.04 Å². The summed E-state index contributed by atoms with van der Waals surface area (Å²) in [6.45, 7) is 6.78. The molecule has 0 spiro atoms. The number of aliphatic carboxylic acids is 1. The Morgan fingerprint density at radius 1 is 0.929 bits per heavy atom. The standard InChI is InChI=1S/C20H31N3O5/c1-11(2)15(18(25)23-16(12(3)4)20(27)28)22-19(26)17(24)14(21)10-13-8-6-5-7-9-13/h5-9,11-12,14-17,24H,10,21H2,1-4H3,(H,22,26)(H,23,25)(H,27,28)/t14-,15+,16+,17+/m1/s1. The Labute approximate surface area is 165 Å². The van der Waals surface area contributed by atoms with Crippen molar-refractivity contribution in [2.75, 3.05) is 0 Å². The first kappa shape index (κ1) is 23.6. The van der Waals surface area contributed by atoms with E-state index < -0.39 is 42.0 Å². The second kappa shape index (κ2) is 10.8. The summed E-state index contributed by atoms with van der Waals surface area (Å²) < 4.78 is 0. The third kappa shape index (κ3) is 6.94. The molecule has 2 amide bonds. The van der Waals surface area contributed by atoms with Crippen LogP contribution in [0, 0.1) is 11.8 Å². The molecule has 28 heavy (non-hydrogen) atoms. The lowest BCUT2D eigenvalue weighted by atomic mass is 9.98. The molecule has 0 saturated carbocycles. The van der Waals surface area contributed by atoms with Crippen molar-refractivity contribution in [2.24, 2.45) is 17.6 Å². The van der Waals surface area contributed by atoms with E-state index in [-0.39, 0.29) is 11.8 Å². The predicted molar refractivity (Wildman–Crippen MR) is 105 cm³/mol. The summed E-state index contributed by atoms with van der Waals surface area (Å²) in [5.74, 6) is -3.18. The Balaban J connectivity index is 2.77. The fourth-order valence-corrected chi connectivity index (χ4v) is 2.72. The number of nitrogens with two attached hydrogens (primary N) is 1. The molecule has 0 unspecified atom stereocenters. The molecule has 8 heteroatoms. The lowest BCUT2D eigenvalue weighted by molar-refractivity contribution is -0.144. The molecule has 6 N–H and O–H groups in total. The molecule has 0 radical (unpaired) electrons. The smallest absolute Gasteiger partial charge is 0.326 e. The summed E-state index contributed by atoms with van der Waals surface area (Å²) in [6, 6.07) is 6.29. The summed E-state index contributed by atoms with van der Waals surface area (Å²) in [5.41, 5.74) is 6.83. The van der Waals surface area contributed by atoms with E-state index in [2.05, 4.69) is 10.6 Å². The molecule has 0 heterocycles. The molecule has 0 bridgehead atoms. The van der Waals surface area contributed by atoms with Gasteiger partial charge in [-0.2, -0.15) is 0 Å². The second-order valence-corrected chi connectivity index (χ2v) is 7.60. The van der Waals surface area contributed by atoms with Gasteiger partial charge in [0.15, 0.2) is 0 Å². The van der Waals surface area contributed by atoms with Crippen LogP contribution in [0.3, 0.4) is 0 Å². The van der Waals surface area contributed by atoms with E-state index in [1.54, 1.807) is 27.7 Å². The minimum absolute atomic E-state index is 0.294. The van der Waals surface area contributed by atoms with Crippen molar-refractivity contribution < 1.29 is 24.6 Å². The highest BCUT2D eigenvalue weighted by atomic mass is 16.4. The molecule has 1 rings (SSSR count). The van der Waals surface area contributed by atoms with Crippen LogP contribution < -0.4 is 16.4 Å². The number of amides is 2. The summed E-state index contributed by atoms with van der Waals surface area (Å²) in [4.78, 5) is 36.2. The monoisotopic (exact) mass is 393 g/mol. The average molecular weight is 393 g/mol. The Morgan fingerprint density at radius 3 is 1.89 bits per heavy atom. The van der Waals surface area contributed by atoms with E-state index in [1.807, 2.05) is 30.3 Å². The van der Waals surface area contributed by atoms with Crippen LogP contribution in [0.1, 0.15) is 33.3 Å². The van der Waals surface area contributed by atoms with Crippen LogP contribution in [0.25, 0.3) is 0 Å². The van der Waals surface area contributed by atoms with Crippen LogP contribution in [-0.4, -0.2) is 52.2 Å². The number of hydrogen-bond donors (Lipinski definition) is 5. The van der Waals surface area contributed by atoms with Gasteiger partial charge < -0.3 is 26.6 Å². The van der Waals surface area contributed by atoms with Gasteiger partial charge in [0.25, 0.3) is 5.91 Å². The Kier molecular flexibility index (Phi) is 9.08. The van der Waals surface area contributed by atoms with Crippen LogP contribution in [0.5, 0.6) is 0 Å². The summed E-state index contributed by atoms with van der Waals surface area (Å²) >= 11 is 0. The molecule has 1 aromatic rings. The van der Waals surface area contributed by atoms with Gasteiger partial charge in [-0.15, -0.1) is 0 Å². The zero-order valence-electron chi connectivity index (χ0n) is 16.8. The molecule has 0 aliphatic rings. The van der Waals surface area contributed by atoms with E-state index in [0.717, 1.165) is 5.56 Å². The zero-order valence-corrected chi connectivity index (χ0v) is 16.8. The zero-order chi connectivity index (χ0) is 21.4. The van der Waals surface area contributed by atoms with E-state index >= 15 is 0 Å². The van der Waals surface area contributed by atoms with Crippen LogP contribution in [-0.2, 0) is 20.8 Å². The Bertz CT molecular complexity index is 663. The first-order valence-electron chi connectivity index (χ1n) is 9.35. The topological polar surface area (TPSA) is 142 Å². The number of aliphatic hydroxyl groups is 1. The quantitative estimate of drug-likeness (QED) is 0.387. The molecule has 156 valence electrons. The molecule has 0 aliphatic carbocycles. The maximum absolute atomic E-state index is 12.5. The highest BCUT2D eigenvalue weighted by molar-refractivity contribution is 5.91. The van der Waals surface area contributed by atoms with Gasteiger partial charge in [0.2, 0.25) is 5.91 Å². The van der Waals surface area contributed by atoms with Crippen molar-refractivity contribution in [3.05, 3.63) is 35.9 Å². The summed E-state index contributed by atoms with van der Waals surface area (Å²) in [6.07, 6.45) is -1.21. The van der Waals surface area contributed by atoms with Gasteiger partial charge >= 0.3 is 5.97 Å². The van der Waals surface area contributed by atoms with E-state index in [9.17, 15) is 24.6 Å². The van der Waals surface area contributed by atoms with Crippen molar-refractivity contribution in [2.45, 2.75) is 58.3 Å². The third-order valence-electron chi connectivity index (χ3n) is 4.47. The van der Waals surface area contributed by atoms with Gasteiger partial charge in [0.1, 0.15) is 18.2 Å². The molecule has 4 atom stereocenters. The van der Waals surface area contributed by atoms with Crippen LogP contribution in [0.2, 0.25) is 0 Å². The Morgan fingerprint density at radius 2 is 1.43 bits per heavy atom. The van der Waals surface area contributed by atoms with Crippen molar-refractivity contribution in [1.82, 2.24) is 10.6 Å². The third-order valence-corrected chi connectivity index (χ3v) is 4.47. The number of hydrogen-bond acceptors (Lipinski definition) is 5. The summed E-state index contributed by atoms with van der Waals surface area (Å²) in [7, 11) is 0. The molecule has 0 fully saturated rings. The minimum Gasteiger partial charge on any atom is -0.480 e. The molecule has 0 aromatic heterocycles. The molecule has 8 nitrogen and oxygen atoms in total. The number of carboxylic acid groups (broad SMARTS) is 1. The number of carbonyl (C=O) groups is 3. The van der Waals surface area contributed by atoms with Crippen LogP contribution in [0.15, 0.2) is 30.3 Å². The highest BCUT2D eigenvalue weighted by Crippen LogP contribution is 2.09. The van der Waals surface area contributed by atoms with Crippen molar-refractivity contribution in [3.63, 3.8) is 0 Å². The number of nitrogens with one attached hydrogen (secondary N) is 2. The van der Waals surface area contributed by atoms with Crippen molar-refractivity contribution >= 4 is 17.8 Å². The lowest BCUT2D eigenvalue weighted by Crippen LogP contribution is -2.58. The number of carbonyl (C=O) groups excluding carboxylic acids is 2. The second-order valence-electron chi connectivity index (χ2n) is 7.60. The predicted octanol–water partition coefficient (Wildman–Crippen LogP) is 0.284.